The Bertz CT molecular complexity index is 394. The molecule has 1 aromatic heterocycles. The predicted octanol–water partition coefficient (Wildman–Crippen LogP) is 2.15. The largest absolute Gasteiger partial charge is 0.330 e. The molecule has 0 bridgehead atoms. The monoisotopic (exact) mass is 234 g/mol. The highest BCUT2D eigenvalue weighted by molar-refractivity contribution is 5.09. The van der Waals surface area contributed by atoms with E-state index in [1.165, 1.54) is 44.3 Å². The number of hydrogen-bond acceptors (Lipinski definition) is 3. The summed E-state index contributed by atoms with van der Waals surface area (Å²) >= 11 is 0. The molecule has 0 saturated heterocycles. The molecule has 0 spiro atoms. The van der Waals surface area contributed by atoms with Gasteiger partial charge >= 0.3 is 0 Å². The number of aromatic nitrogens is 3. The van der Waals surface area contributed by atoms with Gasteiger partial charge in [-0.05, 0) is 45.1 Å². The Kier molecular flexibility index (Phi) is 2.90. The van der Waals surface area contributed by atoms with Gasteiger partial charge in [-0.25, -0.2) is 0 Å². The molecule has 17 heavy (non-hydrogen) atoms. The molecule has 3 rings (SSSR count). The van der Waals surface area contributed by atoms with E-state index >= 15 is 0 Å². The standard InChI is InChI=1S/C13H22N4/c1-9-15-16-13(17(9)11-6-7-11)12-5-3-2-4-10(12)8-14/h10-12H,2-8,14H2,1H3. The van der Waals surface area contributed by atoms with Gasteiger partial charge in [0.2, 0.25) is 0 Å². The van der Waals surface area contributed by atoms with E-state index in [1.54, 1.807) is 0 Å². The Morgan fingerprint density at radius 3 is 2.65 bits per heavy atom. The van der Waals surface area contributed by atoms with Gasteiger partial charge in [-0.2, -0.15) is 0 Å². The number of rotatable bonds is 3. The van der Waals surface area contributed by atoms with Crippen molar-refractivity contribution in [3.8, 4) is 0 Å². The third-order valence-corrected chi connectivity index (χ3v) is 4.35. The maximum Gasteiger partial charge on any atom is 0.136 e. The van der Waals surface area contributed by atoms with Gasteiger partial charge in [0, 0.05) is 12.0 Å². The van der Waals surface area contributed by atoms with Crippen LogP contribution in [0.5, 0.6) is 0 Å². The Labute approximate surface area is 103 Å². The first-order valence-electron chi connectivity index (χ1n) is 6.92. The summed E-state index contributed by atoms with van der Waals surface area (Å²) in [6.45, 7) is 2.87. The normalized spacial score (nSPS) is 29.5. The lowest BCUT2D eigenvalue weighted by molar-refractivity contribution is 0.297. The molecule has 2 saturated carbocycles. The smallest absolute Gasteiger partial charge is 0.136 e. The van der Waals surface area contributed by atoms with Gasteiger partial charge < -0.3 is 10.3 Å². The molecule has 2 unspecified atom stereocenters. The van der Waals surface area contributed by atoms with Crippen LogP contribution in [0.4, 0.5) is 0 Å². The fraction of sp³-hybridized carbons (Fsp3) is 0.846. The second-order valence-corrected chi connectivity index (χ2v) is 5.59. The summed E-state index contributed by atoms with van der Waals surface area (Å²) in [5, 5.41) is 8.75. The molecule has 2 atom stereocenters. The average molecular weight is 234 g/mol. The zero-order chi connectivity index (χ0) is 11.8. The number of nitrogens with two attached hydrogens (primary N) is 1. The molecule has 2 aliphatic carbocycles. The summed E-state index contributed by atoms with van der Waals surface area (Å²) in [7, 11) is 0. The minimum atomic E-state index is 0.551. The quantitative estimate of drug-likeness (QED) is 0.872. The molecule has 2 fully saturated rings. The molecule has 2 N–H and O–H groups in total. The van der Waals surface area contributed by atoms with Gasteiger partial charge in [-0.1, -0.05) is 12.8 Å². The third kappa shape index (κ3) is 1.99. The Hall–Kier alpha value is -0.900. The molecule has 0 aromatic carbocycles. The highest BCUT2D eigenvalue weighted by atomic mass is 15.3. The topological polar surface area (TPSA) is 56.7 Å². The van der Waals surface area contributed by atoms with E-state index in [9.17, 15) is 0 Å². The summed E-state index contributed by atoms with van der Waals surface area (Å²) in [5.74, 6) is 3.48. The highest BCUT2D eigenvalue weighted by Crippen LogP contribution is 2.42. The van der Waals surface area contributed by atoms with Crippen LogP contribution >= 0.6 is 0 Å². The van der Waals surface area contributed by atoms with E-state index in [2.05, 4.69) is 21.7 Å². The van der Waals surface area contributed by atoms with Crippen LogP contribution in [0.15, 0.2) is 0 Å². The van der Waals surface area contributed by atoms with Crippen LogP contribution in [-0.4, -0.2) is 21.3 Å². The first-order chi connectivity index (χ1) is 8.31. The lowest BCUT2D eigenvalue weighted by atomic mass is 9.78. The SMILES string of the molecule is Cc1nnc(C2CCCCC2CN)n1C1CC1. The Morgan fingerprint density at radius 2 is 1.94 bits per heavy atom. The van der Waals surface area contributed by atoms with E-state index in [1.807, 2.05) is 0 Å². The van der Waals surface area contributed by atoms with E-state index in [4.69, 9.17) is 5.73 Å². The van der Waals surface area contributed by atoms with Crippen LogP contribution in [0.1, 0.15) is 62.1 Å². The van der Waals surface area contributed by atoms with Crippen molar-refractivity contribution in [1.82, 2.24) is 14.8 Å². The third-order valence-electron chi connectivity index (χ3n) is 4.35. The summed E-state index contributed by atoms with van der Waals surface area (Å²) < 4.78 is 2.39. The van der Waals surface area contributed by atoms with Crippen molar-refractivity contribution in [2.75, 3.05) is 6.54 Å². The summed E-state index contributed by atoms with van der Waals surface area (Å²) in [6, 6.07) is 0.681. The van der Waals surface area contributed by atoms with Crippen molar-refractivity contribution in [3.05, 3.63) is 11.6 Å². The molecular weight excluding hydrogens is 212 g/mol. The first-order valence-corrected chi connectivity index (χ1v) is 6.92. The molecule has 0 aliphatic heterocycles. The number of nitrogens with zero attached hydrogens (tertiary/aromatic N) is 3. The van der Waals surface area contributed by atoms with Crippen molar-refractivity contribution >= 4 is 0 Å². The maximum atomic E-state index is 5.92. The summed E-state index contributed by atoms with van der Waals surface area (Å²) in [4.78, 5) is 0. The van der Waals surface area contributed by atoms with Gasteiger partial charge in [-0.15, -0.1) is 10.2 Å². The number of aryl methyl sites for hydroxylation is 1. The Morgan fingerprint density at radius 1 is 1.18 bits per heavy atom. The zero-order valence-corrected chi connectivity index (χ0v) is 10.6. The average Bonchev–Trinajstić information content (AvgIpc) is 3.12. The summed E-state index contributed by atoms with van der Waals surface area (Å²) in [5.41, 5.74) is 5.92. The maximum absolute atomic E-state index is 5.92. The molecule has 4 nitrogen and oxygen atoms in total. The number of hydrogen-bond donors (Lipinski definition) is 1. The van der Waals surface area contributed by atoms with Crippen LogP contribution in [-0.2, 0) is 0 Å². The van der Waals surface area contributed by atoms with Gasteiger partial charge in [0.05, 0.1) is 0 Å². The van der Waals surface area contributed by atoms with E-state index < -0.39 is 0 Å². The van der Waals surface area contributed by atoms with Crippen molar-refractivity contribution in [1.29, 1.82) is 0 Å². The summed E-state index contributed by atoms with van der Waals surface area (Å²) in [6.07, 6.45) is 7.74. The zero-order valence-electron chi connectivity index (χ0n) is 10.6. The molecule has 94 valence electrons. The minimum Gasteiger partial charge on any atom is -0.330 e. The van der Waals surface area contributed by atoms with E-state index in [0.717, 1.165) is 12.4 Å². The van der Waals surface area contributed by atoms with Gasteiger partial charge in [-0.3, -0.25) is 0 Å². The van der Waals surface area contributed by atoms with Crippen molar-refractivity contribution in [3.63, 3.8) is 0 Å². The lowest BCUT2D eigenvalue weighted by Gasteiger charge is -2.30. The van der Waals surface area contributed by atoms with Gasteiger partial charge in [0.15, 0.2) is 0 Å². The molecule has 0 amide bonds. The van der Waals surface area contributed by atoms with Crippen molar-refractivity contribution in [2.24, 2.45) is 11.7 Å². The van der Waals surface area contributed by atoms with Crippen LogP contribution in [0.3, 0.4) is 0 Å². The second-order valence-electron chi connectivity index (χ2n) is 5.59. The van der Waals surface area contributed by atoms with E-state index in [0.29, 0.717) is 17.9 Å². The first kappa shape index (κ1) is 11.2. The van der Waals surface area contributed by atoms with Crippen molar-refractivity contribution in [2.45, 2.75) is 57.4 Å². The molecule has 1 heterocycles. The van der Waals surface area contributed by atoms with Crippen LogP contribution < -0.4 is 5.73 Å². The predicted molar refractivity (Wildman–Crippen MR) is 66.8 cm³/mol. The van der Waals surface area contributed by atoms with Crippen LogP contribution in [0.25, 0.3) is 0 Å². The highest BCUT2D eigenvalue weighted by Gasteiger charge is 2.34. The van der Waals surface area contributed by atoms with E-state index in [-0.39, 0.29) is 0 Å². The second kappa shape index (κ2) is 4.41. The van der Waals surface area contributed by atoms with Crippen LogP contribution in [0.2, 0.25) is 0 Å². The van der Waals surface area contributed by atoms with Crippen molar-refractivity contribution < 1.29 is 0 Å². The molecule has 4 heteroatoms. The molecule has 2 aliphatic rings. The fourth-order valence-electron chi connectivity index (χ4n) is 3.25. The fourth-order valence-corrected chi connectivity index (χ4v) is 3.25. The van der Waals surface area contributed by atoms with Gasteiger partial charge in [0.25, 0.3) is 0 Å². The molecule has 0 radical (unpaired) electrons. The Balaban J connectivity index is 1.91. The molecule has 1 aromatic rings. The van der Waals surface area contributed by atoms with Crippen LogP contribution in [0, 0.1) is 12.8 Å². The molecular formula is C13H22N4. The lowest BCUT2D eigenvalue weighted by Crippen LogP contribution is -2.27. The minimum absolute atomic E-state index is 0.551. The van der Waals surface area contributed by atoms with Gasteiger partial charge in [0.1, 0.15) is 11.6 Å².